The van der Waals surface area contributed by atoms with Crippen LogP contribution in [0.4, 0.5) is 0 Å². The molecular formula is C17H25BrIN3. The van der Waals surface area contributed by atoms with Gasteiger partial charge in [0.25, 0.3) is 0 Å². The van der Waals surface area contributed by atoms with E-state index in [1.165, 1.54) is 35.7 Å². The van der Waals surface area contributed by atoms with Crippen molar-refractivity contribution in [3.63, 3.8) is 0 Å². The Morgan fingerprint density at radius 2 is 1.95 bits per heavy atom. The van der Waals surface area contributed by atoms with Crippen molar-refractivity contribution in [3.8, 4) is 0 Å². The Morgan fingerprint density at radius 3 is 2.55 bits per heavy atom. The van der Waals surface area contributed by atoms with Gasteiger partial charge in [0, 0.05) is 29.5 Å². The molecule has 2 aliphatic rings. The lowest BCUT2D eigenvalue weighted by Gasteiger charge is -2.22. The first kappa shape index (κ1) is 18.0. The lowest BCUT2D eigenvalue weighted by molar-refractivity contribution is 0.491. The minimum absolute atomic E-state index is 0. The zero-order valence-electron chi connectivity index (χ0n) is 13.1. The second-order valence-electron chi connectivity index (χ2n) is 6.12. The fourth-order valence-corrected chi connectivity index (χ4v) is 3.84. The van der Waals surface area contributed by atoms with Crippen molar-refractivity contribution in [2.75, 3.05) is 26.2 Å². The van der Waals surface area contributed by atoms with E-state index in [-0.39, 0.29) is 29.4 Å². The fourth-order valence-electron chi connectivity index (χ4n) is 3.14. The van der Waals surface area contributed by atoms with Crippen LogP contribution in [0.2, 0.25) is 0 Å². The lowest BCUT2D eigenvalue weighted by Crippen LogP contribution is -2.40. The molecule has 1 N–H and O–H groups in total. The first-order chi connectivity index (χ1) is 10.2. The zero-order chi connectivity index (χ0) is 14.7. The molecule has 0 spiro atoms. The summed E-state index contributed by atoms with van der Waals surface area (Å²) in [7, 11) is 0. The van der Waals surface area contributed by atoms with Crippen molar-refractivity contribution in [2.45, 2.75) is 38.0 Å². The number of rotatable bonds is 4. The van der Waals surface area contributed by atoms with Crippen LogP contribution in [-0.4, -0.2) is 37.0 Å². The number of nitrogens with zero attached hydrogens (tertiary/aromatic N) is 2. The first-order valence-corrected chi connectivity index (χ1v) is 8.83. The van der Waals surface area contributed by atoms with Gasteiger partial charge in [-0.25, -0.2) is 0 Å². The van der Waals surface area contributed by atoms with Crippen molar-refractivity contribution in [1.29, 1.82) is 0 Å². The van der Waals surface area contributed by atoms with Gasteiger partial charge in [0.1, 0.15) is 0 Å². The van der Waals surface area contributed by atoms with Crippen LogP contribution >= 0.6 is 39.9 Å². The van der Waals surface area contributed by atoms with Gasteiger partial charge in [0.15, 0.2) is 5.96 Å². The van der Waals surface area contributed by atoms with Crippen molar-refractivity contribution < 1.29 is 0 Å². The highest BCUT2D eigenvalue weighted by molar-refractivity contribution is 14.0. The third-order valence-electron chi connectivity index (χ3n) is 4.57. The average Bonchev–Trinajstić information content (AvgIpc) is 3.08. The largest absolute Gasteiger partial charge is 0.357 e. The van der Waals surface area contributed by atoms with E-state index in [0.717, 1.165) is 32.1 Å². The Balaban J connectivity index is 0.00000176. The third kappa shape index (κ3) is 3.96. The molecule has 1 aliphatic heterocycles. The normalized spacial score (nSPS) is 19.7. The lowest BCUT2D eigenvalue weighted by atomic mass is 9.96. The molecule has 0 aromatic heterocycles. The van der Waals surface area contributed by atoms with Gasteiger partial charge in [-0.1, -0.05) is 34.1 Å². The van der Waals surface area contributed by atoms with Crippen LogP contribution in [0.25, 0.3) is 0 Å². The molecule has 0 atom stereocenters. The van der Waals surface area contributed by atoms with E-state index in [4.69, 9.17) is 4.99 Å². The Labute approximate surface area is 159 Å². The summed E-state index contributed by atoms with van der Waals surface area (Å²) in [6.07, 6.45) is 5.08. The molecule has 22 heavy (non-hydrogen) atoms. The van der Waals surface area contributed by atoms with Gasteiger partial charge in [-0.3, -0.25) is 4.99 Å². The van der Waals surface area contributed by atoms with Gasteiger partial charge >= 0.3 is 0 Å². The molecule has 0 unspecified atom stereocenters. The summed E-state index contributed by atoms with van der Waals surface area (Å²) in [5, 5.41) is 3.46. The van der Waals surface area contributed by atoms with E-state index in [1.54, 1.807) is 0 Å². The van der Waals surface area contributed by atoms with Gasteiger partial charge in [-0.2, -0.15) is 0 Å². The van der Waals surface area contributed by atoms with Crippen LogP contribution in [0.3, 0.4) is 0 Å². The monoisotopic (exact) mass is 477 g/mol. The molecule has 3 rings (SSSR count). The second-order valence-corrected chi connectivity index (χ2v) is 6.98. The van der Waals surface area contributed by atoms with Crippen molar-refractivity contribution in [1.82, 2.24) is 10.2 Å². The molecular weight excluding hydrogens is 453 g/mol. The maximum atomic E-state index is 4.96. The molecule has 0 bridgehead atoms. The molecule has 1 aromatic carbocycles. The summed E-state index contributed by atoms with van der Waals surface area (Å²) in [4.78, 5) is 7.36. The summed E-state index contributed by atoms with van der Waals surface area (Å²) in [6, 6.07) is 8.61. The molecule has 3 nitrogen and oxygen atoms in total. The third-order valence-corrected chi connectivity index (χ3v) is 5.26. The number of hydrogen-bond acceptors (Lipinski definition) is 1. The Bertz CT molecular complexity index is 522. The van der Waals surface area contributed by atoms with Crippen LogP contribution < -0.4 is 5.32 Å². The van der Waals surface area contributed by atoms with E-state index in [2.05, 4.69) is 57.3 Å². The molecule has 2 fully saturated rings. The van der Waals surface area contributed by atoms with Gasteiger partial charge < -0.3 is 10.2 Å². The molecule has 0 amide bonds. The minimum Gasteiger partial charge on any atom is -0.357 e. The molecule has 1 heterocycles. The highest BCUT2D eigenvalue weighted by Crippen LogP contribution is 2.50. The molecule has 0 radical (unpaired) electrons. The SMILES string of the molecule is CCNC(=NCC1(c2ccccc2Br)CC1)N1CCCC1.I. The Kier molecular flexibility index (Phi) is 6.56. The number of nitrogens with one attached hydrogen (secondary N) is 1. The minimum atomic E-state index is 0. The van der Waals surface area contributed by atoms with Gasteiger partial charge in [0.2, 0.25) is 0 Å². The summed E-state index contributed by atoms with van der Waals surface area (Å²) in [6.45, 7) is 6.28. The standard InChI is InChI=1S/C17H24BrN3.HI/c1-2-19-16(21-11-5-6-12-21)20-13-17(9-10-17)14-7-3-4-8-15(14)18;/h3-4,7-8H,2,5-6,9-13H2,1H3,(H,19,20);1H. The van der Waals surface area contributed by atoms with E-state index in [1.807, 2.05) is 0 Å². The topological polar surface area (TPSA) is 27.6 Å². The first-order valence-electron chi connectivity index (χ1n) is 8.03. The number of halogens is 2. The van der Waals surface area contributed by atoms with Crippen LogP contribution in [0, 0.1) is 0 Å². The number of hydrogen-bond donors (Lipinski definition) is 1. The zero-order valence-corrected chi connectivity index (χ0v) is 17.1. The van der Waals surface area contributed by atoms with Gasteiger partial charge in [-0.05, 0) is 44.2 Å². The smallest absolute Gasteiger partial charge is 0.193 e. The van der Waals surface area contributed by atoms with Crippen LogP contribution in [0.5, 0.6) is 0 Å². The molecule has 1 saturated heterocycles. The molecule has 122 valence electrons. The average molecular weight is 478 g/mol. The molecule has 1 saturated carbocycles. The van der Waals surface area contributed by atoms with Crippen molar-refractivity contribution >= 4 is 45.9 Å². The quantitative estimate of drug-likeness (QED) is 0.400. The van der Waals surface area contributed by atoms with Crippen LogP contribution in [-0.2, 0) is 5.41 Å². The summed E-state index contributed by atoms with van der Waals surface area (Å²) < 4.78 is 1.23. The number of guanidine groups is 1. The van der Waals surface area contributed by atoms with Crippen molar-refractivity contribution in [2.24, 2.45) is 4.99 Å². The van der Waals surface area contributed by atoms with E-state index < -0.39 is 0 Å². The maximum Gasteiger partial charge on any atom is 0.193 e. The fraction of sp³-hybridized carbons (Fsp3) is 0.588. The Morgan fingerprint density at radius 1 is 1.27 bits per heavy atom. The number of benzene rings is 1. The van der Waals surface area contributed by atoms with E-state index >= 15 is 0 Å². The van der Waals surface area contributed by atoms with Gasteiger partial charge in [-0.15, -0.1) is 24.0 Å². The maximum absolute atomic E-state index is 4.96. The number of aliphatic imine (C=N–C) groups is 1. The van der Waals surface area contributed by atoms with Crippen molar-refractivity contribution in [3.05, 3.63) is 34.3 Å². The molecule has 1 aliphatic carbocycles. The number of likely N-dealkylation sites (tertiary alicyclic amines) is 1. The Hall–Kier alpha value is -0.300. The predicted molar refractivity (Wildman–Crippen MR) is 107 cm³/mol. The summed E-state index contributed by atoms with van der Waals surface area (Å²) in [5.74, 6) is 1.10. The van der Waals surface area contributed by atoms with Gasteiger partial charge in [0.05, 0.1) is 6.54 Å². The van der Waals surface area contributed by atoms with Crippen LogP contribution in [0.1, 0.15) is 38.2 Å². The molecule has 1 aromatic rings. The second kappa shape index (κ2) is 7.99. The summed E-state index contributed by atoms with van der Waals surface area (Å²) in [5.41, 5.74) is 1.69. The summed E-state index contributed by atoms with van der Waals surface area (Å²) >= 11 is 3.70. The van der Waals surface area contributed by atoms with Crippen LogP contribution in [0.15, 0.2) is 33.7 Å². The highest BCUT2D eigenvalue weighted by Gasteiger charge is 2.45. The van der Waals surface area contributed by atoms with E-state index in [9.17, 15) is 0 Å². The van der Waals surface area contributed by atoms with E-state index in [0.29, 0.717) is 0 Å². The predicted octanol–water partition coefficient (Wildman–Crippen LogP) is 4.16. The molecule has 5 heteroatoms. The highest BCUT2D eigenvalue weighted by atomic mass is 127.